The van der Waals surface area contributed by atoms with Gasteiger partial charge in [-0.05, 0) is 67.6 Å². The molecular formula is C31H30N6O. The Morgan fingerprint density at radius 2 is 1.66 bits per heavy atom. The molecule has 7 heteroatoms. The van der Waals surface area contributed by atoms with E-state index >= 15 is 0 Å². The van der Waals surface area contributed by atoms with Gasteiger partial charge < -0.3 is 10.6 Å². The summed E-state index contributed by atoms with van der Waals surface area (Å²) in [5.74, 6) is 0.773. The molecule has 0 unspecified atom stereocenters. The quantitative estimate of drug-likeness (QED) is 0.316. The minimum atomic E-state index is -0.0930. The van der Waals surface area contributed by atoms with E-state index in [2.05, 4.69) is 26.7 Å². The number of carbonyl (C=O) groups is 1. The van der Waals surface area contributed by atoms with Crippen molar-refractivity contribution in [2.75, 3.05) is 10.2 Å². The predicted octanol–water partition coefficient (Wildman–Crippen LogP) is 6.15. The number of aromatic nitrogens is 2. The van der Waals surface area contributed by atoms with Gasteiger partial charge >= 0.3 is 6.03 Å². The largest absolute Gasteiger partial charge is 0.367 e. The lowest BCUT2D eigenvalue weighted by Gasteiger charge is -2.37. The average molecular weight is 503 g/mol. The van der Waals surface area contributed by atoms with Crippen LogP contribution in [0, 0.1) is 11.3 Å². The fourth-order valence-electron chi connectivity index (χ4n) is 4.91. The van der Waals surface area contributed by atoms with Gasteiger partial charge in [0.15, 0.2) is 0 Å². The summed E-state index contributed by atoms with van der Waals surface area (Å²) in [5, 5.41) is 15.6. The van der Waals surface area contributed by atoms with E-state index in [1.54, 1.807) is 18.5 Å². The molecule has 0 atom stereocenters. The summed E-state index contributed by atoms with van der Waals surface area (Å²) in [6.45, 7) is 0.476. The van der Waals surface area contributed by atoms with Crippen molar-refractivity contribution in [3.8, 4) is 17.3 Å². The Balaban J connectivity index is 1.29. The molecule has 7 nitrogen and oxygen atoms in total. The van der Waals surface area contributed by atoms with Crippen LogP contribution in [-0.2, 0) is 6.54 Å². The maximum Gasteiger partial charge on any atom is 0.322 e. The Kier molecular flexibility index (Phi) is 7.90. The lowest BCUT2D eigenvalue weighted by atomic mass is 9.89. The van der Waals surface area contributed by atoms with Gasteiger partial charge in [0.1, 0.15) is 11.9 Å². The van der Waals surface area contributed by atoms with Crippen LogP contribution in [0.3, 0.4) is 0 Å². The Bertz CT molecular complexity index is 1360. The number of carbonyl (C=O) groups excluding carboxylic acids is 1. The van der Waals surface area contributed by atoms with E-state index in [4.69, 9.17) is 5.26 Å². The molecule has 2 aromatic carbocycles. The molecule has 0 bridgehead atoms. The molecule has 1 fully saturated rings. The minimum absolute atomic E-state index is 0.0819. The van der Waals surface area contributed by atoms with Gasteiger partial charge in [0, 0.05) is 42.3 Å². The topological polar surface area (TPSA) is 93.9 Å². The van der Waals surface area contributed by atoms with Gasteiger partial charge in [-0.1, -0.05) is 48.5 Å². The van der Waals surface area contributed by atoms with Crippen molar-refractivity contribution in [1.82, 2.24) is 15.3 Å². The Morgan fingerprint density at radius 1 is 0.895 bits per heavy atom. The molecule has 0 saturated heterocycles. The molecule has 38 heavy (non-hydrogen) atoms. The molecule has 1 saturated carbocycles. The Morgan fingerprint density at radius 3 is 2.32 bits per heavy atom. The van der Waals surface area contributed by atoms with E-state index in [0.717, 1.165) is 54.0 Å². The summed E-state index contributed by atoms with van der Waals surface area (Å²) in [6.07, 6.45) is 6.94. The van der Waals surface area contributed by atoms with E-state index in [1.165, 1.54) is 0 Å². The lowest BCUT2D eigenvalue weighted by Crippen LogP contribution is -2.48. The van der Waals surface area contributed by atoms with Crippen LogP contribution in [0.25, 0.3) is 11.3 Å². The molecule has 1 aliphatic carbocycles. The van der Waals surface area contributed by atoms with Gasteiger partial charge in [0.05, 0.1) is 11.3 Å². The standard InChI is InChI=1S/C31H30N6O/c32-20-24-9-18-30(34-22-24)36-26-12-16-28(17-13-26)37(31(38)35-21-23-6-2-1-3-7-23)27-14-10-25(11-15-27)29-8-4-5-19-33-29/h1-11,14-15,18-19,22,26,28H,12-13,16-17,21H2,(H,34,36)(H,35,38). The number of anilines is 2. The van der Waals surface area contributed by atoms with Crippen molar-refractivity contribution < 1.29 is 4.79 Å². The van der Waals surface area contributed by atoms with Crippen LogP contribution in [0.2, 0.25) is 0 Å². The van der Waals surface area contributed by atoms with E-state index in [0.29, 0.717) is 12.1 Å². The highest BCUT2D eigenvalue weighted by atomic mass is 16.2. The minimum Gasteiger partial charge on any atom is -0.367 e. The van der Waals surface area contributed by atoms with Crippen molar-refractivity contribution in [3.05, 3.63) is 108 Å². The van der Waals surface area contributed by atoms with Gasteiger partial charge in [-0.25, -0.2) is 9.78 Å². The number of pyridine rings is 2. The normalized spacial score (nSPS) is 16.7. The fraction of sp³-hybridized carbons (Fsp3) is 0.226. The zero-order chi connectivity index (χ0) is 26.2. The van der Waals surface area contributed by atoms with Gasteiger partial charge in [0.25, 0.3) is 0 Å². The summed E-state index contributed by atoms with van der Waals surface area (Å²) < 4.78 is 0. The van der Waals surface area contributed by atoms with E-state index in [1.807, 2.05) is 83.8 Å². The number of rotatable bonds is 7. The molecule has 190 valence electrons. The number of urea groups is 1. The first-order valence-electron chi connectivity index (χ1n) is 12.9. The van der Waals surface area contributed by atoms with Gasteiger partial charge in [0.2, 0.25) is 0 Å². The number of hydrogen-bond acceptors (Lipinski definition) is 5. The summed E-state index contributed by atoms with van der Waals surface area (Å²) >= 11 is 0. The summed E-state index contributed by atoms with van der Waals surface area (Å²) in [6, 6.07) is 29.9. The average Bonchev–Trinajstić information content (AvgIpc) is 2.99. The molecule has 2 heterocycles. The maximum atomic E-state index is 13.6. The van der Waals surface area contributed by atoms with Crippen molar-refractivity contribution in [3.63, 3.8) is 0 Å². The maximum absolute atomic E-state index is 13.6. The molecule has 5 rings (SSSR count). The van der Waals surface area contributed by atoms with Crippen molar-refractivity contribution in [1.29, 1.82) is 5.26 Å². The molecule has 2 aromatic heterocycles. The third-order valence-electron chi connectivity index (χ3n) is 6.92. The lowest BCUT2D eigenvalue weighted by molar-refractivity contribution is 0.240. The molecular weight excluding hydrogens is 472 g/mol. The molecule has 1 aliphatic rings. The van der Waals surface area contributed by atoms with Crippen LogP contribution in [0.15, 0.2) is 97.3 Å². The van der Waals surface area contributed by atoms with Crippen molar-refractivity contribution in [2.45, 2.75) is 44.3 Å². The Labute approximate surface area is 223 Å². The molecule has 4 aromatic rings. The van der Waals surface area contributed by atoms with Gasteiger partial charge in [-0.15, -0.1) is 0 Å². The highest BCUT2D eigenvalue weighted by Gasteiger charge is 2.30. The monoisotopic (exact) mass is 502 g/mol. The second kappa shape index (κ2) is 12.0. The zero-order valence-corrected chi connectivity index (χ0v) is 21.1. The number of hydrogen-bond donors (Lipinski definition) is 2. The van der Waals surface area contributed by atoms with Crippen molar-refractivity contribution in [2.24, 2.45) is 0 Å². The highest BCUT2D eigenvalue weighted by Crippen LogP contribution is 2.30. The van der Waals surface area contributed by atoms with Crippen LogP contribution >= 0.6 is 0 Å². The molecule has 2 N–H and O–H groups in total. The van der Waals surface area contributed by atoms with Gasteiger partial charge in [-0.2, -0.15) is 5.26 Å². The fourth-order valence-corrected chi connectivity index (χ4v) is 4.91. The first-order chi connectivity index (χ1) is 18.7. The smallest absolute Gasteiger partial charge is 0.322 e. The number of amides is 2. The second-order valence-electron chi connectivity index (χ2n) is 9.47. The number of nitrogens with zero attached hydrogens (tertiary/aromatic N) is 4. The van der Waals surface area contributed by atoms with Crippen LogP contribution in [0.5, 0.6) is 0 Å². The molecule has 0 aliphatic heterocycles. The third kappa shape index (κ3) is 6.16. The second-order valence-corrected chi connectivity index (χ2v) is 9.47. The molecule has 2 amide bonds. The summed E-state index contributed by atoms with van der Waals surface area (Å²) in [5.41, 5.74) is 4.41. The Hall–Kier alpha value is -4.70. The van der Waals surface area contributed by atoms with E-state index in [9.17, 15) is 4.79 Å². The van der Waals surface area contributed by atoms with Crippen molar-refractivity contribution >= 4 is 17.5 Å². The predicted molar refractivity (Wildman–Crippen MR) is 149 cm³/mol. The van der Waals surface area contributed by atoms with Crippen LogP contribution in [0.1, 0.15) is 36.8 Å². The number of nitrogens with one attached hydrogen (secondary N) is 2. The van der Waals surface area contributed by atoms with Crippen LogP contribution in [-0.4, -0.2) is 28.1 Å². The number of nitriles is 1. The third-order valence-corrected chi connectivity index (χ3v) is 6.92. The summed E-state index contributed by atoms with van der Waals surface area (Å²) in [7, 11) is 0. The molecule has 0 spiro atoms. The highest BCUT2D eigenvalue weighted by molar-refractivity contribution is 5.93. The van der Waals surface area contributed by atoms with Crippen LogP contribution < -0.4 is 15.5 Å². The number of benzene rings is 2. The van der Waals surface area contributed by atoms with E-state index in [-0.39, 0.29) is 18.1 Å². The molecule has 0 radical (unpaired) electrons. The van der Waals surface area contributed by atoms with Gasteiger partial charge in [-0.3, -0.25) is 9.88 Å². The SMILES string of the molecule is N#Cc1ccc(NC2CCC(N(C(=O)NCc3ccccc3)c3ccc(-c4ccccn4)cc3)CC2)nc1. The first-order valence-corrected chi connectivity index (χ1v) is 12.9. The summed E-state index contributed by atoms with van der Waals surface area (Å²) in [4.78, 5) is 24.3. The zero-order valence-electron chi connectivity index (χ0n) is 21.1. The first kappa shape index (κ1) is 25.0. The van der Waals surface area contributed by atoms with Crippen LogP contribution in [0.4, 0.5) is 16.3 Å². The van der Waals surface area contributed by atoms with E-state index < -0.39 is 0 Å².